The molecule has 21 heavy (non-hydrogen) atoms. The Morgan fingerprint density at radius 1 is 1.48 bits per heavy atom. The van der Waals surface area contributed by atoms with E-state index < -0.39 is 10.0 Å². The molecule has 0 amide bonds. The van der Waals surface area contributed by atoms with Gasteiger partial charge in [-0.3, -0.25) is 0 Å². The summed E-state index contributed by atoms with van der Waals surface area (Å²) in [7, 11) is -3.36. The van der Waals surface area contributed by atoms with E-state index >= 15 is 0 Å². The second-order valence-corrected chi connectivity index (χ2v) is 7.39. The van der Waals surface area contributed by atoms with E-state index in [9.17, 15) is 8.42 Å². The second kappa shape index (κ2) is 7.31. The molecule has 3 N–H and O–H groups in total. The molecule has 1 saturated heterocycles. The summed E-state index contributed by atoms with van der Waals surface area (Å²) in [4.78, 5) is 0.264. The molecule has 1 heterocycles. The molecule has 1 atom stereocenters. The maximum atomic E-state index is 12.0. The first-order valence-corrected chi connectivity index (χ1v) is 9.00. The zero-order chi connectivity index (χ0) is 15.3. The molecule has 0 aromatic heterocycles. The van der Waals surface area contributed by atoms with Crippen molar-refractivity contribution in [2.24, 2.45) is 5.73 Å². The van der Waals surface area contributed by atoms with Crippen LogP contribution in [0.15, 0.2) is 24.3 Å². The van der Waals surface area contributed by atoms with Crippen molar-refractivity contribution in [1.29, 1.82) is 0 Å². The molecular weight excluding hydrogens is 308 g/mol. The largest absolute Gasteiger partial charge is 0.389 e. The highest BCUT2D eigenvalue weighted by molar-refractivity contribution is 7.88. The van der Waals surface area contributed by atoms with Crippen molar-refractivity contribution in [2.75, 3.05) is 13.2 Å². The number of thiocarbonyl (C=S) groups is 1. The first-order valence-electron chi connectivity index (χ1n) is 6.94. The average Bonchev–Trinajstić information content (AvgIpc) is 2.91. The van der Waals surface area contributed by atoms with E-state index in [1.54, 1.807) is 24.3 Å². The van der Waals surface area contributed by atoms with Crippen LogP contribution in [0.5, 0.6) is 0 Å². The highest BCUT2D eigenvalue weighted by Gasteiger charge is 2.17. The van der Waals surface area contributed by atoms with Crippen LogP contribution in [-0.2, 0) is 20.5 Å². The van der Waals surface area contributed by atoms with Crippen LogP contribution in [-0.4, -0.2) is 32.7 Å². The molecule has 1 aromatic carbocycles. The minimum Gasteiger partial charge on any atom is -0.389 e. The van der Waals surface area contributed by atoms with Crippen LogP contribution in [0.1, 0.15) is 30.4 Å². The lowest BCUT2D eigenvalue weighted by Gasteiger charge is -2.11. The molecule has 0 bridgehead atoms. The Morgan fingerprint density at radius 2 is 2.29 bits per heavy atom. The maximum absolute atomic E-state index is 12.0. The first kappa shape index (κ1) is 16.4. The SMILES string of the molecule is NC(=S)c1cccc(CS(=O)(=O)NCCC2CCCO2)c1. The number of nitrogens with one attached hydrogen (secondary N) is 1. The third-order valence-corrected chi connectivity index (χ3v) is 4.97. The van der Waals surface area contributed by atoms with Crippen LogP contribution in [0.2, 0.25) is 0 Å². The third-order valence-electron chi connectivity index (χ3n) is 3.38. The molecule has 1 aliphatic rings. The number of hydrogen-bond acceptors (Lipinski definition) is 4. The van der Waals surface area contributed by atoms with Crippen molar-refractivity contribution < 1.29 is 13.2 Å². The van der Waals surface area contributed by atoms with Crippen molar-refractivity contribution in [2.45, 2.75) is 31.1 Å². The molecule has 1 aromatic rings. The molecule has 116 valence electrons. The molecule has 0 saturated carbocycles. The Kier molecular flexibility index (Phi) is 5.69. The first-order chi connectivity index (χ1) is 9.96. The summed E-state index contributed by atoms with van der Waals surface area (Å²) in [6, 6.07) is 6.98. The average molecular weight is 328 g/mol. The minimum atomic E-state index is -3.36. The zero-order valence-corrected chi connectivity index (χ0v) is 13.4. The molecule has 1 fully saturated rings. The van der Waals surface area contributed by atoms with Crippen LogP contribution in [0.25, 0.3) is 0 Å². The van der Waals surface area contributed by atoms with Crippen molar-refractivity contribution in [3.63, 3.8) is 0 Å². The molecule has 7 heteroatoms. The molecule has 0 radical (unpaired) electrons. The van der Waals surface area contributed by atoms with Crippen LogP contribution < -0.4 is 10.5 Å². The van der Waals surface area contributed by atoms with Crippen molar-refractivity contribution in [3.05, 3.63) is 35.4 Å². The molecule has 1 unspecified atom stereocenters. The van der Waals surface area contributed by atoms with Gasteiger partial charge >= 0.3 is 0 Å². The van der Waals surface area contributed by atoms with E-state index in [2.05, 4.69) is 4.72 Å². The molecule has 5 nitrogen and oxygen atoms in total. The van der Waals surface area contributed by atoms with Gasteiger partial charge in [-0.25, -0.2) is 13.1 Å². The highest BCUT2D eigenvalue weighted by Crippen LogP contribution is 2.15. The summed E-state index contributed by atoms with van der Waals surface area (Å²) in [5, 5.41) is 0. The number of hydrogen-bond donors (Lipinski definition) is 2. The van der Waals surface area contributed by atoms with Gasteiger partial charge < -0.3 is 10.5 Å². The number of nitrogens with two attached hydrogens (primary N) is 1. The van der Waals surface area contributed by atoms with Crippen LogP contribution >= 0.6 is 12.2 Å². The van der Waals surface area contributed by atoms with Gasteiger partial charge in [-0.15, -0.1) is 0 Å². The van der Waals surface area contributed by atoms with Crippen LogP contribution in [0, 0.1) is 0 Å². The number of benzene rings is 1. The molecule has 2 rings (SSSR count). The van der Waals surface area contributed by atoms with Gasteiger partial charge in [0.15, 0.2) is 0 Å². The number of sulfonamides is 1. The van der Waals surface area contributed by atoms with Gasteiger partial charge in [0, 0.05) is 18.7 Å². The summed E-state index contributed by atoms with van der Waals surface area (Å²) in [5.41, 5.74) is 6.90. The van der Waals surface area contributed by atoms with Gasteiger partial charge in [0.2, 0.25) is 10.0 Å². The lowest BCUT2D eigenvalue weighted by atomic mass is 10.1. The van der Waals surface area contributed by atoms with Gasteiger partial charge in [-0.05, 0) is 30.9 Å². The monoisotopic (exact) mass is 328 g/mol. The minimum absolute atomic E-state index is 0.0744. The predicted molar refractivity (Wildman–Crippen MR) is 86.5 cm³/mol. The van der Waals surface area contributed by atoms with Crippen molar-refractivity contribution in [1.82, 2.24) is 4.72 Å². The lowest BCUT2D eigenvalue weighted by molar-refractivity contribution is 0.105. The van der Waals surface area contributed by atoms with E-state index in [4.69, 9.17) is 22.7 Å². The summed E-state index contributed by atoms with van der Waals surface area (Å²) >= 11 is 4.89. The van der Waals surface area contributed by atoms with Crippen molar-refractivity contribution >= 4 is 27.2 Å². The van der Waals surface area contributed by atoms with Gasteiger partial charge in [-0.1, -0.05) is 30.4 Å². The quantitative estimate of drug-likeness (QED) is 0.738. The maximum Gasteiger partial charge on any atom is 0.215 e. The Labute approximate surface area is 130 Å². The number of ether oxygens (including phenoxy) is 1. The summed E-state index contributed by atoms with van der Waals surface area (Å²) in [6.45, 7) is 1.19. The van der Waals surface area contributed by atoms with Gasteiger partial charge in [0.05, 0.1) is 11.9 Å². The fourth-order valence-corrected chi connectivity index (χ4v) is 3.61. The summed E-state index contributed by atoms with van der Waals surface area (Å²) in [5.74, 6) is -0.0744. The van der Waals surface area contributed by atoms with Gasteiger partial charge in [0.1, 0.15) is 4.99 Å². The van der Waals surface area contributed by atoms with E-state index in [0.29, 0.717) is 24.1 Å². The second-order valence-electron chi connectivity index (χ2n) is 5.14. The summed E-state index contributed by atoms with van der Waals surface area (Å²) < 4.78 is 32.2. The predicted octanol–water partition coefficient (Wildman–Crippen LogP) is 1.31. The van der Waals surface area contributed by atoms with E-state index in [1.807, 2.05) is 0 Å². The van der Waals surface area contributed by atoms with E-state index in [-0.39, 0.29) is 16.8 Å². The third kappa shape index (κ3) is 5.35. The Balaban J connectivity index is 1.87. The Bertz CT molecular complexity index is 596. The standard InChI is InChI=1S/C14H20N2O3S2/c15-14(20)12-4-1-3-11(9-12)10-21(17,18)16-7-6-13-5-2-8-19-13/h1,3-4,9,13,16H,2,5-8,10H2,(H2,15,20). The Morgan fingerprint density at radius 3 is 2.95 bits per heavy atom. The smallest absolute Gasteiger partial charge is 0.215 e. The van der Waals surface area contributed by atoms with Gasteiger partial charge in [0.25, 0.3) is 0 Å². The fourth-order valence-electron chi connectivity index (χ4n) is 2.33. The van der Waals surface area contributed by atoms with Crippen LogP contribution in [0.4, 0.5) is 0 Å². The van der Waals surface area contributed by atoms with Crippen molar-refractivity contribution in [3.8, 4) is 0 Å². The van der Waals surface area contributed by atoms with E-state index in [0.717, 1.165) is 19.4 Å². The molecule has 0 spiro atoms. The summed E-state index contributed by atoms with van der Waals surface area (Å²) in [6.07, 6.45) is 2.97. The fraction of sp³-hybridized carbons (Fsp3) is 0.500. The van der Waals surface area contributed by atoms with Crippen LogP contribution in [0.3, 0.4) is 0 Å². The van der Waals surface area contributed by atoms with E-state index in [1.165, 1.54) is 0 Å². The molecule has 0 aliphatic carbocycles. The topological polar surface area (TPSA) is 81.4 Å². The zero-order valence-electron chi connectivity index (χ0n) is 11.7. The Hall–Kier alpha value is -1.02. The lowest BCUT2D eigenvalue weighted by Crippen LogP contribution is -2.28. The molecule has 1 aliphatic heterocycles. The number of rotatable bonds is 7. The van der Waals surface area contributed by atoms with Gasteiger partial charge in [-0.2, -0.15) is 0 Å². The normalized spacial score (nSPS) is 18.8. The highest BCUT2D eigenvalue weighted by atomic mass is 32.2. The molecular formula is C14H20N2O3S2.